The molecule has 0 bridgehead atoms. The quantitative estimate of drug-likeness (QED) is 0.374. The molecule has 0 aliphatic carbocycles. The molecule has 0 aromatic heterocycles. The van der Waals surface area contributed by atoms with Crippen molar-refractivity contribution in [3.05, 3.63) is 0 Å². The van der Waals surface area contributed by atoms with E-state index in [9.17, 15) is 16.8 Å². The van der Waals surface area contributed by atoms with Gasteiger partial charge < -0.3 is 0 Å². The van der Waals surface area contributed by atoms with Gasteiger partial charge in [0.25, 0.3) is 0 Å². The fourth-order valence-electron chi connectivity index (χ4n) is 0.424. The molecular formula is C4H10O8PbS2. The molecule has 2 radical (unpaired) electrons. The topological polar surface area (TPSA) is 127 Å². The summed E-state index contributed by atoms with van der Waals surface area (Å²) in [6.45, 7) is -1.20. The van der Waals surface area contributed by atoms with Crippen molar-refractivity contribution < 1.29 is 31.3 Å². The van der Waals surface area contributed by atoms with Gasteiger partial charge in [-0.3, -0.25) is 0 Å². The second-order valence-electron chi connectivity index (χ2n) is 2.22. The Morgan fingerprint density at radius 1 is 0.867 bits per heavy atom. The molecule has 2 N–H and O–H groups in total. The summed E-state index contributed by atoms with van der Waals surface area (Å²) < 4.78 is 51.8. The maximum absolute atomic E-state index is 10.8. The summed E-state index contributed by atoms with van der Waals surface area (Å²) in [7, 11) is -7.77. The Balaban J connectivity index is 4.00. The number of hydrogen-bond acceptors (Lipinski definition) is 8. The SMILES string of the molecule is O=S(=O)(CCO)[O][Pb][O]S(=O)(=O)CCO. The Morgan fingerprint density at radius 3 is 1.47 bits per heavy atom. The first-order chi connectivity index (χ1) is 6.83. The zero-order valence-electron chi connectivity index (χ0n) is 7.49. The summed E-state index contributed by atoms with van der Waals surface area (Å²) in [4.78, 5) is 0. The zero-order valence-corrected chi connectivity index (χ0v) is 13.0. The first-order valence-corrected chi connectivity index (χ1v) is 9.95. The molecule has 90 valence electrons. The van der Waals surface area contributed by atoms with Crippen molar-refractivity contribution in [2.24, 2.45) is 0 Å². The molecule has 15 heavy (non-hydrogen) atoms. The molecular weight excluding hydrogens is 447 g/mol. The Hall–Kier alpha value is 0.662. The molecule has 0 aromatic carbocycles. The molecule has 0 fully saturated rings. The molecule has 0 aliphatic heterocycles. The van der Waals surface area contributed by atoms with E-state index in [1.54, 1.807) is 0 Å². The molecule has 0 unspecified atom stereocenters. The maximum atomic E-state index is 10.8. The Kier molecular flexibility index (Phi) is 7.39. The molecule has 0 aliphatic rings. The van der Waals surface area contributed by atoms with Crippen molar-refractivity contribution in [3.63, 3.8) is 0 Å². The van der Waals surface area contributed by atoms with Crippen LogP contribution < -0.4 is 0 Å². The second kappa shape index (κ2) is 7.08. The monoisotopic (exact) mass is 458 g/mol. The Bertz CT molecular complexity index is 322. The van der Waals surface area contributed by atoms with E-state index in [0.29, 0.717) is 0 Å². The van der Waals surface area contributed by atoms with Gasteiger partial charge in [-0.2, -0.15) is 0 Å². The normalized spacial score (nSPS) is 12.9. The summed E-state index contributed by atoms with van der Waals surface area (Å²) in [6.07, 6.45) is 0. The molecule has 0 saturated carbocycles. The molecule has 0 amide bonds. The third-order valence-corrected chi connectivity index (χ3v) is 10.5. The van der Waals surface area contributed by atoms with E-state index < -0.39 is 70.1 Å². The molecule has 0 rings (SSSR count). The fourth-order valence-corrected chi connectivity index (χ4v) is 6.69. The zero-order chi connectivity index (χ0) is 11.9. The summed E-state index contributed by atoms with van der Waals surface area (Å²) in [6, 6.07) is 0. The number of aliphatic hydroxyl groups is 2. The van der Waals surface area contributed by atoms with Crippen LogP contribution in [0.2, 0.25) is 0 Å². The van der Waals surface area contributed by atoms with Crippen molar-refractivity contribution in [1.29, 1.82) is 0 Å². The van der Waals surface area contributed by atoms with Crippen molar-refractivity contribution in [2.45, 2.75) is 0 Å². The molecule has 0 heterocycles. The van der Waals surface area contributed by atoms with E-state index in [2.05, 4.69) is 4.27 Å². The molecule has 0 spiro atoms. The minimum atomic E-state index is -3.88. The van der Waals surface area contributed by atoms with Crippen LogP contribution in [0.5, 0.6) is 0 Å². The number of hydrogen-bond donors (Lipinski definition) is 2. The van der Waals surface area contributed by atoms with Crippen molar-refractivity contribution in [3.8, 4) is 0 Å². The van der Waals surface area contributed by atoms with Gasteiger partial charge in [0, 0.05) is 0 Å². The summed E-state index contributed by atoms with van der Waals surface area (Å²) in [5.74, 6) is -1.19. The molecule has 0 saturated heterocycles. The van der Waals surface area contributed by atoms with Gasteiger partial charge >= 0.3 is 101 Å². The van der Waals surface area contributed by atoms with Gasteiger partial charge in [0.2, 0.25) is 0 Å². The predicted molar refractivity (Wildman–Crippen MR) is 49.7 cm³/mol. The van der Waals surface area contributed by atoms with Gasteiger partial charge in [-0.05, 0) is 0 Å². The Morgan fingerprint density at radius 2 is 1.20 bits per heavy atom. The average molecular weight is 457 g/mol. The van der Waals surface area contributed by atoms with Crippen LogP contribution >= 0.6 is 0 Å². The first-order valence-electron chi connectivity index (χ1n) is 3.62. The van der Waals surface area contributed by atoms with E-state index in [1.165, 1.54) is 0 Å². The molecule has 0 atom stereocenters. The van der Waals surface area contributed by atoms with Crippen molar-refractivity contribution in [2.75, 3.05) is 24.7 Å². The number of aliphatic hydroxyl groups excluding tert-OH is 2. The standard InChI is InChI=1S/2C2H6O4S.Pb/c2*3-1-2-7(4,5)6;/h2*3H,1-2H2,(H,4,5,6);/q;;+2/p-2. The summed E-state index contributed by atoms with van der Waals surface area (Å²) >= 11 is -2.73. The predicted octanol–water partition coefficient (Wildman–Crippen LogP) is -2.80. The van der Waals surface area contributed by atoms with Gasteiger partial charge in [0.1, 0.15) is 0 Å². The van der Waals surface area contributed by atoms with E-state index in [1.807, 2.05) is 0 Å². The molecule has 8 nitrogen and oxygen atoms in total. The van der Waals surface area contributed by atoms with E-state index in [-0.39, 0.29) is 0 Å². The van der Waals surface area contributed by atoms with Gasteiger partial charge in [0.15, 0.2) is 0 Å². The molecule has 0 aromatic rings. The van der Waals surface area contributed by atoms with Gasteiger partial charge in [-0.15, -0.1) is 0 Å². The average Bonchev–Trinajstić information content (AvgIpc) is 2.02. The summed E-state index contributed by atoms with van der Waals surface area (Å²) in [5.41, 5.74) is 0. The van der Waals surface area contributed by atoms with Crippen LogP contribution in [0.25, 0.3) is 0 Å². The second-order valence-corrected chi connectivity index (χ2v) is 10.1. The van der Waals surface area contributed by atoms with Crippen LogP contribution in [0.3, 0.4) is 0 Å². The van der Waals surface area contributed by atoms with Crippen LogP contribution in [0.1, 0.15) is 0 Å². The van der Waals surface area contributed by atoms with Gasteiger partial charge in [-0.25, -0.2) is 0 Å². The third-order valence-electron chi connectivity index (χ3n) is 1.00. The Labute approximate surface area is 101 Å². The van der Waals surface area contributed by atoms with Crippen LogP contribution in [0.15, 0.2) is 0 Å². The van der Waals surface area contributed by atoms with Gasteiger partial charge in [-0.1, -0.05) is 0 Å². The molecule has 11 heteroatoms. The van der Waals surface area contributed by atoms with E-state index in [4.69, 9.17) is 10.2 Å². The van der Waals surface area contributed by atoms with Crippen LogP contribution in [0.4, 0.5) is 0 Å². The van der Waals surface area contributed by atoms with Crippen LogP contribution in [-0.2, 0) is 24.5 Å². The van der Waals surface area contributed by atoms with E-state index in [0.717, 1.165) is 0 Å². The van der Waals surface area contributed by atoms with E-state index >= 15 is 0 Å². The van der Waals surface area contributed by atoms with Crippen LogP contribution in [0, 0.1) is 0 Å². The van der Waals surface area contributed by atoms with Crippen molar-refractivity contribution >= 4 is 45.4 Å². The van der Waals surface area contributed by atoms with Crippen molar-refractivity contribution in [1.82, 2.24) is 0 Å². The number of rotatable bonds is 8. The van der Waals surface area contributed by atoms with Crippen LogP contribution in [-0.4, -0.2) is 76.9 Å². The fraction of sp³-hybridized carbons (Fsp3) is 1.00. The summed E-state index contributed by atoms with van der Waals surface area (Å²) in [5, 5.41) is 16.6. The minimum absolute atomic E-state index is 0.594. The third kappa shape index (κ3) is 8.47. The first kappa shape index (κ1) is 15.7. The van der Waals surface area contributed by atoms with Gasteiger partial charge in [0.05, 0.1) is 0 Å².